The highest BCUT2D eigenvalue weighted by molar-refractivity contribution is 5.62. The predicted octanol–water partition coefficient (Wildman–Crippen LogP) is 0.177. The summed E-state index contributed by atoms with van der Waals surface area (Å²) in [5, 5.41) is 7.43. The van der Waals surface area contributed by atoms with Crippen molar-refractivity contribution in [1.82, 2.24) is 15.1 Å². The quantitative estimate of drug-likeness (QED) is 0.621. The van der Waals surface area contributed by atoms with Crippen LogP contribution in [-0.4, -0.2) is 16.3 Å². The molecule has 0 bridgehead atoms. The van der Waals surface area contributed by atoms with E-state index in [-0.39, 0.29) is 0 Å². The van der Waals surface area contributed by atoms with Crippen LogP contribution in [0.25, 0.3) is 0 Å². The van der Waals surface area contributed by atoms with E-state index in [1.54, 1.807) is 4.68 Å². The van der Waals surface area contributed by atoms with Gasteiger partial charge < -0.3 is 16.8 Å². The Balaban J connectivity index is 2.82. The second-order valence-electron chi connectivity index (χ2n) is 2.84. The van der Waals surface area contributed by atoms with Crippen LogP contribution in [0.5, 0.6) is 0 Å². The van der Waals surface area contributed by atoms with Crippen molar-refractivity contribution in [3.05, 3.63) is 5.69 Å². The number of nitrogens with one attached hydrogen (secondary N) is 1. The molecule has 0 spiro atoms. The van der Waals surface area contributed by atoms with Crippen LogP contribution in [0.3, 0.4) is 0 Å². The molecular formula is C8H17N5. The molecule has 0 saturated heterocycles. The van der Waals surface area contributed by atoms with Gasteiger partial charge in [-0.3, -0.25) is 0 Å². The van der Waals surface area contributed by atoms with Gasteiger partial charge in [0.1, 0.15) is 11.5 Å². The van der Waals surface area contributed by atoms with Crippen LogP contribution in [0.4, 0.5) is 11.5 Å². The largest absolute Gasteiger partial charge is 0.394 e. The summed E-state index contributed by atoms with van der Waals surface area (Å²) in [6, 6.07) is 0. The molecule has 5 nitrogen and oxygen atoms in total. The van der Waals surface area contributed by atoms with Crippen molar-refractivity contribution < 1.29 is 0 Å². The standard InChI is InChI=1S/C8H17N5/c1-3-11-5-6-7(9)8(10)13(4-2)12-6/h11H,3-5,9-10H2,1-2H3. The molecule has 0 aliphatic carbocycles. The molecule has 0 aliphatic heterocycles. The van der Waals surface area contributed by atoms with Gasteiger partial charge in [0.2, 0.25) is 0 Å². The highest BCUT2D eigenvalue weighted by Crippen LogP contribution is 2.18. The van der Waals surface area contributed by atoms with Gasteiger partial charge in [-0.2, -0.15) is 5.10 Å². The van der Waals surface area contributed by atoms with Crippen LogP contribution >= 0.6 is 0 Å². The van der Waals surface area contributed by atoms with Crippen molar-refractivity contribution in [2.24, 2.45) is 0 Å². The molecule has 0 aliphatic rings. The first-order valence-electron chi connectivity index (χ1n) is 4.52. The maximum absolute atomic E-state index is 5.77. The summed E-state index contributed by atoms with van der Waals surface area (Å²) < 4.78 is 1.71. The minimum atomic E-state index is 0.565. The van der Waals surface area contributed by atoms with E-state index in [9.17, 15) is 0 Å². The number of aryl methyl sites for hydroxylation is 1. The maximum Gasteiger partial charge on any atom is 0.145 e. The van der Waals surface area contributed by atoms with Gasteiger partial charge in [-0.1, -0.05) is 6.92 Å². The van der Waals surface area contributed by atoms with E-state index in [2.05, 4.69) is 10.4 Å². The number of anilines is 2. The highest BCUT2D eigenvalue weighted by Gasteiger charge is 2.10. The Morgan fingerprint density at radius 1 is 1.38 bits per heavy atom. The number of hydrogen-bond donors (Lipinski definition) is 3. The van der Waals surface area contributed by atoms with Gasteiger partial charge in [0.25, 0.3) is 0 Å². The third-order valence-electron chi connectivity index (χ3n) is 1.95. The summed E-state index contributed by atoms with van der Waals surface area (Å²) in [4.78, 5) is 0. The smallest absolute Gasteiger partial charge is 0.145 e. The first kappa shape index (κ1) is 9.85. The molecule has 1 aromatic heterocycles. The van der Waals surface area contributed by atoms with Crippen LogP contribution in [-0.2, 0) is 13.1 Å². The van der Waals surface area contributed by atoms with Gasteiger partial charge in [-0.25, -0.2) is 4.68 Å². The average Bonchev–Trinajstić information content (AvgIpc) is 2.41. The van der Waals surface area contributed by atoms with Crippen molar-refractivity contribution in [1.29, 1.82) is 0 Å². The molecule has 5 heteroatoms. The van der Waals surface area contributed by atoms with Crippen molar-refractivity contribution in [2.75, 3.05) is 18.0 Å². The van der Waals surface area contributed by atoms with Gasteiger partial charge in [-0.15, -0.1) is 0 Å². The fourth-order valence-corrected chi connectivity index (χ4v) is 1.16. The Labute approximate surface area is 78.1 Å². The number of nitrogens with two attached hydrogens (primary N) is 2. The van der Waals surface area contributed by atoms with Crippen LogP contribution in [0.1, 0.15) is 19.5 Å². The van der Waals surface area contributed by atoms with Crippen molar-refractivity contribution in [3.8, 4) is 0 Å². The molecule has 13 heavy (non-hydrogen) atoms. The van der Waals surface area contributed by atoms with Crippen molar-refractivity contribution in [3.63, 3.8) is 0 Å². The molecule has 0 unspecified atom stereocenters. The highest BCUT2D eigenvalue weighted by atomic mass is 15.3. The fourth-order valence-electron chi connectivity index (χ4n) is 1.16. The zero-order valence-corrected chi connectivity index (χ0v) is 8.17. The lowest BCUT2D eigenvalue weighted by Gasteiger charge is -1.97. The van der Waals surface area contributed by atoms with Crippen molar-refractivity contribution >= 4 is 11.5 Å². The van der Waals surface area contributed by atoms with E-state index in [0.29, 0.717) is 18.1 Å². The minimum absolute atomic E-state index is 0.565. The normalized spacial score (nSPS) is 10.6. The lowest BCUT2D eigenvalue weighted by atomic mass is 10.3. The summed E-state index contributed by atoms with van der Waals surface area (Å²) in [6.45, 7) is 6.36. The maximum atomic E-state index is 5.77. The first-order valence-corrected chi connectivity index (χ1v) is 4.52. The number of rotatable bonds is 4. The summed E-state index contributed by atoms with van der Waals surface area (Å²) in [6.07, 6.45) is 0. The molecule has 1 rings (SSSR count). The van der Waals surface area contributed by atoms with Gasteiger partial charge in [-0.05, 0) is 13.5 Å². The van der Waals surface area contributed by atoms with Gasteiger partial charge >= 0.3 is 0 Å². The van der Waals surface area contributed by atoms with Crippen LogP contribution < -0.4 is 16.8 Å². The number of hydrogen-bond acceptors (Lipinski definition) is 4. The van der Waals surface area contributed by atoms with Crippen LogP contribution in [0.15, 0.2) is 0 Å². The van der Waals surface area contributed by atoms with Gasteiger partial charge in [0.15, 0.2) is 0 Å². The molecule has 0 aromatic carbocycles. The molecule has 74 valence electrons. The summed E-state index contributed by atoms with van der Waals surface area (Å²) in [5.41, 5.74) is 12.9. The molecule has 5 N–H and O–H groups in total. The Bertz CT molecular complexity index is 278. The minimum Gasteiger partial charge on any atom is -0.394 e. The van der Waals surface area contributed by atoms with Crippen molar-refractivity contribution in [2.45, 2.75) is 26.9 Å². The molecule has 0 fully saturated rings. The molecule has 0 radical (unpaired) electrons. The third-order valence-corrected chi connectivity index (χ3v) is 1.95. The van der Waals surface area contributed by atoms with Crippen LogP contribution in [0.2, 0.25) is 0 Å². The lowest BCUT2D eigenvalue weighted by Crippen LogP contribution is -2.13. The van der Waals surface area contributed by atoms with Gasteiger partial charge in [0.05, 0.1) is 5.69 Å². The molecule has 0 amide bonds. The Kier molecular flexibility index (Phi) is 3.13. The third kappa shape index (κ3) is 1.92. The monoisotopic (exact) mass is 183 g/mol. The molecule has 0 atom stereocenters. The molecule has 1 aromatic rings. The second-order valence-corrected chi connectivity index (χ2v) is 2.84. The Morgan fingerprint density at radius 2 is 2.08 bits per heavy atom. The zero-order valence-electron chi connectivity index (χ0n) is 8.17. The topological polar surface area (TPSA) is 81.9 Å². The predicted molar refractivity (Wildman–Crippen MR) is 54.1 cm³/mol. The number of nitrogens with zero attached hydrogens (tertiary/aromatic N) is 2. The van der Waals surface area contributed by atoms with E-state index < -0.39 is 0 Å². The fraction of sp³-hybridized carbons (Fsp3) is 0.625. The number of aromatic nitrogens is 2. The van der Waals surface area contributed by atoms with E-state index in [0.717, 1.165) is 18.8 Å². The summed E-state index contributed by atoms with van der Waals surface area (Å²) >= 11 is 0. The SMILES string of the molecule is CCNCc1nn(CC)c(N)c1N. The summed E-state index contributed by atoms with van der Waals surface area (Å²) in [7, 11) is 0. The Morgan fingerprint density at radius 3 is 2.54 bits per heavy atom. The Hall–Kier alpha value is -1.23. The van der Waals surface area contributed by atoms with E-state index in [1.807, 2.05) is 13.8 Å². The van der Waals surface area contributed by atoms with Gasteiger partial charge in [0, 0.05) is 13.1 Å². The van der Waals surface area contributed by atoms with Crippen LogP contribution in [0, 0.1) is 0 Å². The van der Waals surface area contributed by atoms with E-state index >= 15 is 0 Å². The number of nitrogen functional groups attached to an aromatic ring is 2. The lowest BCUT2D eigenvalue weighted by molar-refractivity contribution is 0.634. The second kappa shape index (κ2) is 4.13. The van der Waals surface area contributed by atoms with E-state index in [1.165, 1.54) is 0 Å². The molecule has 1 heterocycles. The zero-order chi connectivity index (χ0) is 9.84. The van der Waals surface area contributed by atoms with E-state index in [4.69, 9.17) is 11.5 Å². The summed E-state index contributed by atoms with van der Waals surface area (Å²) in [5.74, 6) is 0.565. The molecule has 0 saturated carbocycles. The average molecular weight is 183 g/mol. The molecular weight excluding hydrogens is 166 g/mol. The first-order chi connectivity index (χ1) is 6.20.